The smallest absolute Gasteiger partial charge is 0.264 e. The Morgan fingerprint density at radius 1 is 0.951 bits per heavy atom. The molecule has 0 aromatic heterocycles. The molecule has 1 N–H and O–H groups in total. The number of nitrogens with one attached hydrogen (secondary N) is 1. The molecule has 2 amide bonds. The summed E-state index contributed by atoms with van der Waals surface area (Å²) in [5, 5.41) is 3.70. The molecule has 0 aliphatic carbocycles. The molecule has 0 heterocycles. The first-order valence-corrected chi connectivity index (χ1v) is 15.5. The maximum atomic E-state index is 14.2. The Labute approximate surface area is 252 Å². The molecule has 0 aliphatic rings. The Hall–Kier alpha value is -3.27. The van der Waals surface area contributed by atoms with Crippen molar-refractivity contribution in [3.8, 4) is 5.75 Å². The Bertz CT molecular complexity index is 1450. The van der Waals surface area contributed by atoms with Crippen molar-refractivity contribution in [3.63, 3.8) is 0 Å². The number of anilines is 1. The Morgan fingerprint density at radius 3 is 2.22 bits per heavy atom. The van der Waals surface area contributed by atoms with E-state index >= 15 is 0 Å². The van der Waals surface area contributed by atoms with Gasteiger partial charge in [0.25, 0.3) is 10.0 Å². The highest BCUT2D eigenvalue weighted by Gasteiger charge is 2.35. The first-order valence-electron chi connectivity index (χ1n) is 13.3. The normalized spacial score (nSPS) is 12.7. The first-order chi connectivity index (χ1) is 19.5. The molecule has 41 heavy (non-hydrogen) atoms. The lowest BCUT2D eigenvalue weighted by atomic mass is 10.1. The summed E-state index contributed by atoms with van der Waals surface area (Å²) in [6.45, 7) is 5.00. The van der Waals surface area contributed by atoms with E-state index in [0.29, 0.717) is 28.5 Å². The van der Waals surface area contributed by atoms with Gasteiger partial charge < -0.3 is 15.0 Å². The van der Waals surface area contributed by atoms with Crippen LogP contribution in [0.4, 0.5) is 5.69 Å². The van der Waals surface area contributed by atoms with Gasteiger partial charge in [-0.3, -0.25) is 13.9 Å². The van der Waals surface area contributed by atoms with Crippen molar-refractivity contribution in [1.29, 1.82) is 0 Å². The Balaban J connectivity index is 2.11. The van der Waals surface area contributed by atoms with E-state index in [9.17, 15) is 18.0 Å². The second kappa shape index (κ2) is 14.6. The van der Waals surface area contributed by atoms with Gasteiger partial charge in [0.1, 0.15) is 18.3 Å². The molecule has 3 rings (SSSR count). The van der Waals surface area contributed by atoms with Crippen molar-refractivity contribution in [2.24, 2.45) is 0 Å². The second-order valence-electron chi connectivity index (χ2n) is 9.50. The van der Waals surface area contributed by atoms with Crippen LogP contribution in [0.25, 0.3) is 0 Å². The summed E-state index contributed by atoms with van der Waals surface area (Å²) in [7, 11) is -2.79. The number of hydrogen-bond donors (Lipinski definition) is 1. The fourth-order valence-electron chi connectivity index (χ4n) is 4.26. The number of ether oxygens (including phenoxy) is 1. The van der Waals surface area contributed by atoms with Crippen LogP contribution >= 0.6 is 23.2 Å². The Kier molecular flexibility index (Phi) is 11.5. The lowest BCUT2D eigenvalue weighted by Crippen LogP contribution is -2.53. The van der Waals surface area contributed by atoms with Gasteiger partial charge in [-0.05, 0) is 61.7 Å². The topological polar surface area (TPSA) is 96.0 Å². The number of halogens is 2. The number of methoxy groups -OCH3 is 1. The van der Waals surface area contributed by atoms with Crippen LogP contribution in [0.1, 0.15) is 39.2 Å². The molecule has 0 radical (unpaired) electrons. The van der Waals surface area contributed by atoms with Gasteiger partial charge in [-0.15, -0.1) is 0 Å². The number of carbonyl (C=O) groups is 2. The van der Waals surface area contributed by atoms with Gasteiger partial charge in [0, 0.05) is 22.6 Å². The number of amides is 2. The summed E-state index contributed by atoms with van der Waals surface area (Å²) in [5.41, 5.74) is 0.753. The highest BCUT2D eigenvalue weighted by atomic mass is 35.5. The summed E-state index contributed by atoms with van der Waals surface area (Å²) < 4.78 is 34.4. The van der Waals surface area contributed by atoms with Gasteiger partial charge >= 0.3 is 0 Å². The molecule has 220 valence electrons. The van der Waals surface area contributed by atoms with Crippen LogP contribution in [0, 0.1) is 0 Å². The second-order valence-corrected chi connectivity index (χ2v) is 12.2. The van der Waals surface area contributed by atoms with Crippen LogP contribution in [0.2, 0.25) is 10.0 Å². The van der Waals surface area contributed by atoms with Crippen molar-refractivity contribution < 1.29 is 22.7 Å². The number of para-hydroxylation sites is 2. The third-order valence-corrected chi connectivity index (χ3v) is 9.07. The number of nitrogens with zero attached hydrogens (tertiary/aromatic N) is 2. The molecule has 8 nitrogen and oxygen atoms in total. The Morgan fingerprint density at radius 2 is 1.61 bits per heavy atom. The predicted molar refractivity (Wildman–Crippen MR) is 163 cm³/mol. The maximum absolute atomic E-state index is 14.2. The van der Waals surface area contributed by atoms with Crippen LogP contribution in [-0.4, -0.2) is 50.9 Å². The van der Waals surface area contributed by atoms with E-state index in [1.165, 1.54) is 24.1 Å². The molecule has 0 spiro atoms. The molecule has 3 aromatic carbocycles. The van der Waals surface area contributed by atoms with Crippen LogP contribution in [0.15, 0.2) is 77.7 Å². The third-order valence-electron chi connectivity index (χ3n) is 6.71. The van der Waals surface area contributed by atoms with Crippen molar-refractivity contribution in [1.82, 2.24) is 10.2 Å². The molecular formula is C30H35Cl2N3O5S. The molecule has 0 aliphatic heterocycles. The largest absolute Gasteiger partial charge is 0.495 e. The van der Waals surface area contributed by atoms with Crippen molar-refractivity contribution >= 4 is 50.7 Å². The summed E-state index contributed by atoms with van der Waals surface area (Å²) in [6, 6.07) is 18.3. The van der Waals surface area contributed by atoms with Crippen molar-refractivity contribution in [3.05, 3.63) is 88.4 Å². The molecule has 11 heteroatoms. The molecule has 0 fully saturated rings. The van der Waals surface area contributed by atoms with E-state index in [1.54, 1.807) is 67.6 Å². The van der Waals surface area contributed by atoms with E-state index in [0.717, 1.165) is 4.31 Å². The van der Waals surface area contributed by atoms with Crippen LogP contribution in [-0.2, 0) is 26.2 Å². The fraction of sp³-hybridized carbons (Fsp3) is 0.333. The number of sulfonamides is 1. The lowest BCUT2D eigenvalue weighted by Gasteiger charge is -2.34. The van der Waals surface area contributed by atoms with Gasteiger partial charge in [-0.1, -0.05) is 73.4 Å². The zero-order valence-electron chi connectivity index (χ0n) is 23.5. The van der Waals surface area contributed by atoms with Crippen molar-refractivity contribution in [2.45, 2.75) is 57.1 Å². The lowest BCUT2D eigenvalue weighted by molar-refractivity contribution is -0.140. The van der Waals surface area contributed by atoms with Gasteiger partial charge in [0.05, 0.1) is 17.7 Å². The number of hydrogen-bond acceptors (Lipinski definition) is 5. The highest BCUT2D eigenvalue weighted by Crippen LogP contribution is 2.33. The van der Waals surface area contributed by atoms with Crippen LogP contribution < -0.4 is 14.4 Å². The summed E-state index contributed by atoms with van der Waals surface area (Å²) >= 11 is 12.5. The number of benzene rings is 3. The molecule has 0 saturated heterocycles. The molecule has 0 unspecified atom stereocenters. The predicted octanol–water partition coefficient (Wildman–Crippen LogP) is 5.92. The van der Waals surface area contributed by atoms with Gasteiger partial charge in [0.2, 0.25) is 11.8 Å². The third kappa shape index (κ3) is 7.93. The van der Waals surface area contributed by atoms with E-state index in [2.05, 4.69) is 5.32 Å². The standard InChI is InChI=1S/C30H35Cl2N3O5S/c1-5-21(3)33-30(37)26(6-2)34(19-22-16-17-23(31)18-25(22)32)29(36)20-35(27-14-10-11-15-28(27)40-4)41(38,39)24-12-8-7-9-13-24/h7-18,21,26H,5-6,19-20H2,1-4H3,(H,33,37)/t21-,26+/m1/s1. The molecule has 0 bridgehead atoms. The fourth-order valence-corrected chi connectivity index (χ4v) is 6.18. The minimum Gasteiger partial charge on any atom is -0.495 e. The first kappa shape index (κ1) is 32.2. The minimum atomic E-state index is -4.22. The molecular weight excluding hydrogens is 585 g/mol. The highest BCUT2D eigenvalue weighted by molar-refractivity contribution is 7.92. The summed E-state index contributed by atoms with van der Waals surface area (Å²) in [6.07, 6.45) is 0.995. The van der Waals surface area contributed by atoms with E-state index in [-0.39, 0.29) is 34.8 Å². The van der Waals surface area contributed by atoms with E-state index < -0.39 is 28.5 Å². The van der Waals surface area contributed by atoms with E-state index in [4.69, 9.17) is 27.9 Å². The average Bonchev–Trinajstić information content (AvgIpc) is 2.97. The number of rotatable bonds is 13. The molecule has 0 saturated carbocycles. The average molecular weight is 621 g/mol. The SMILES string of the molecule is CC[C@@H](C)NC(=O)[C@H](CC)N(Cc1ccc(Cl)cc1Cl)C(=O)CN(c1ccccc1OC)S(=O)(=O)c1ccccc1. The van der Waals surface area contributed by atoms with Crippen LogP contribution in [0.5, 0.6) is 5.75 Å². The zero-order valence-corrected chi connectivity index (χ0v) is 25.8. The van der Waals surface area contributed by atoms with Crippen LogP contribution in [0.3, 0.4) is 0 Å². The maximum Gasteiger partial charge on any atom is 0.264 e. The zero-order chi connectivity index (χ0) is 30.2. The van der Waals surface area contributed by atoms with Gasteiger partial charge in [-0.2, -0.15) is 0 Å². The van der Waals surface area contributed by atoms with Crippen molar-refractivity contribution in [2.75, 3.05) is 18.0 Å². The minimum absolute atomic E-state index is 0.00700. The molecule has 3 aromatic rings. The molecule has 2 atom stereocenters. The number of carbonyl (C=O) groups excluding carboxylic acids is 2. The van der Waals surface area contributed by atoms with Gasteiger partial charge in [-0.25, -0.2) is 8.42 Å². The quantitative estimate of drug-likeness (QED) is 0.256. The monoisotopic (exact) mass is 619 g/mol. The summed E-state index contributed by atoms with van der Waals surface area (Å²) in [4.78, 5) is 28.9. The summed E-state index contributed by atoms with van der Waals surface area (Å²) in [5.74, 6) is -0.656. The van der Waals surface area contributed by atoms with E-state index in [1.807, 2.05) is 13.8 Å². The van der Waals surface area contributed by atoms with Gasteiger partial charge in [0.15, 0.2) is 0 Å².